The van der Waals surface area contributed by atoms with Crippen molar-refractivity contribution in [3.63, 3.8) is 0 Å². The molecule has 0 amide bonds. The first-order valence-corrected chi connectivity index (χ1v) is 9.87. The predicted octanol–water partition coefficient (Wildman–Crippen LogP) is 0.860. The average molecular weight is 320 g/mol. The highest BCUT2D eigenvalue weighted by atomic mass is 32.2. The van der Waals surface area contributed by atoms with E-state index in [1.54, 1.807) is 24.3 Å². The Morgan fingerprint density at radius 2 is 1.70 bits per heavy atom. The van der Waals surface area contributed by atoms with Gasteiger partial charge in [-0.2, -0.15) is 0 Å². The zero-order valence-electron chi connectivity index (χ0n) is 11.6. The zero-order chi connectivity index (χ0) is 15.4. The van der Waals surface area contributed by atoms with E-state index in [2.05, 4.69) is 0 Å². The Hall–Kier alpha value is -1.28. The SMILES string of the molecule is CCCN(c1ccccc1N)S(=O)(=O)CCS(C)(=O)=O. The maximum Gasteiger partial charge on any atom is 0.236 e. The van der Waals surface area contributed by atoms with Crippen LogP contribution in [-0.2, 0) is 19.9 Å². The summed E-state index contributed by atoms with van der Waals surface area (Å²) in [6, 6.07) is 6.64. The van der Waals surface area contributed by atoms with Crippen LogP contribution in [0.25, 0.3) is 0 Å². The summed E-state index contributed by atoms with van der Waals surface area (Å²) in [4.78, 5) is 0. The van der Waals surface area contributed by atoms with Gasteiger partial charge in [0.15, 0.2) is 0 Å². The number of sulfonamides is 1. The van der Waals surface area contributed by atoms with Crippen molar-refractivity contribution in [1.29, 1.82) is 0 Å². The molecule has 114 valence electrons. The second-order valence-corrected chi connectivity index (χ2v) is 8.85. The minimum absolute atomic E-state index is 0.264. The van der Waals surface area contributed by atoms with E-state index in [1.807, 2.05) is 6.92 Å². The lowest BCUT2D eigenvalue weighted by Gasteiger charge is -2.25. The van der Waals surface area contributed by atoms with Crippen LogP contribution in [0.3, 0.4) is 0 Å². The van der Waals surface area contributed by atoms with Crippen molar-refractivity contribution in [2.75, 3.05) is 34.3 Å². The van der Waals surface area contributed by atoms with E-state index >= 15 is 0 Å². The maximum atomic E-state index is 12.3. The predicted molar refractivity (Wildman–Crippen MR) is 82.0 cm³/mol. The molecule has 1 aromatic rings. The molecule has 0 aromatic heterocycles. The molecule has 0 unspecified atom stereocenters. The Bertz CT molecular complexity index is 654. The highest BCUT2D eigenvalue weighted by molar-refractivity contribution is 7.95. The van der Waals surface area contributed by atoms with E-state index in [1.165, 1.54) is 4.31 Å². The molecule has 8 heteroatoms. The van der Waals surface area contributed by atoms with Crippen LogP contribution in [0.2, 0.25) is 0 Å². The average Bonchev–Trinajstić information content (AvgIpc) is 2.34. The van der Waals surface area contributed by atoms with Crippen molar-refractivity contribution < 1.29 is 16.8 Å². The van der Waals surface area contributed by atoms with Gasteiger partial charge < -0.3 is 5.73 Å². The lowest BCUT2D eigenvalue weighted by molar-refractivity contribution is 0.586. The molecule has 0 saturated carbocycles. The topological polar surface area (TPSA) is 97.5 Å². The number of nitrogens with two attached hydrogens (primary N) is 1. The number of benzene rings is 1. The molecule has 0 saturated heterocycles. The van der Waals surface area contributed by atoms with Gasteiger partial charge in [-0.15, -0.1) is 0 Å². The van der Waals surface area contributed by atoms with Crippen LogP contribution >= 0.6 is 0 Å². The van der Waals surface area contributed by atoms with Gasteiger partial charge in [0, 0.05) is 12.8 Å². The molecule has 0 atom stereocenters. The normalized spacial score (nSPS) is 12.3. The summed E-state index contributed by atoms with van der Waals surface area (Å²) in [5, 5.41) is 0. The molecule has 0 fully saturated rings. The Kier molecular flexibility index (Phi) is 5.41. The minimum Gasteiger partial charge on any atom is -0.397 e. The van der Waals surface area contributed by atoms with E-state index in [-0.39, 0.29) is 6.54 Å². The summed E-state index contributed by atoms with van der Waals surface area (Å²) >= 11 is 0. The van der Waals surface area contributed by atoms with Crippen molar-refractivity contribution >= 4 is 31.2 Å². The minimum atomic E-state index is -3.72. The first-order chi connectivity index (χ1) is 9.17. The van der Waals surface area contributed by atoms with E-state index in [4.69, 9.17) is 5.73 Å². The number of hydrogen-bond acceptors (Lipinski definition) is 5. The van der Waals surface area contributed by atoms with Gasteiger partial charge in [0.25, 0.3) is 0 Å². The highest BCUT2D eigenvalue weighted by Crippen LogP contribution is 2.25. The third-order valence-corrected chi connectivity index (χ3v) is 5.65. The number of sulfone groups is 1. The fourth-order valence-corrected chi connectivity index (χ4v) is 4.89. The van der Waals surface area contributed by atoms with Gasteiger partial charge in [0.05, 0.1) is 22.9 Å². The zero-order valence-corrected chi connectivity index (χ0v) is 13.2. The Balaban J connectivity index is 3.10. The molecule has 20 heavy (non-hydrogen) atoms. The second kappa shape index (κ2) is 6.45. The first-order valence-electron chi connectivity index (χ1n) is 6.20. The van der Waals surface area contributed by atoms with Gasteiger partial charge >= 0.3 is 0 Å². The Morgan fingerprint density at radius 3 is 2.20 bits per heavy atom. The fraction of sp³-hybridized carbons (Fsp3) is 0.500. The van der Waals surface area contributed by atoms with Crippen LogP contribution in [0.15, 0.2) is 24.3 Å². The van der Waals surface area contributed by atoms with Crippen LogP contribution in [0.4, 0.5) is 11.4 Å². The second-order valence-electron chi connectivity index (χ2n) is 4.58. The summed E-state index contributed by atoms with van der Waals surface area (Å²) < 4.78 is 48.1. The van der Waals surface area contributed by atoms with Crippen LogP contribution in [-0.4, -0.2) is 41.1 Å². The largest absolute Gasteiger partial charge is 0.397 e. The molecule has 0 radical (unpaired) electrons. The maximum absolute atomic E-state index is 12.3. The van der Waals surface area contributed by atoms with Gasteiger partial charge in [0.1, 0.15) is 9.84 Å². The lowest BCUT2D eigenvalue weighted by Crippen LogP contribution is -2.36. The first kappa shape index (κ1) is 16.8. The van der Waals surface area contributed by atoms with E-state index < -0.39 is 31.4 Å². The molecule has 1 aromatic carbocycles. The molecule has 6 nitrogen and oxygen atoms in total. The van der Waals surface area contributed by atoms with Crippen LogP contribution in [0.5, 0.6) is 0 Å². The molecule has 0 heterocycles. The molecule has 0 spiro atoms. The van der Waals surface area contributed by atoms with Gasteiger partial charge in [-0.3, -0.25) is 4.31 Å². The van der Waals surface area contributed by atoms with Crippen molar-refractivity contribution in [3.8, 4) is 0 Å². The number of nitrogens with zero attached hydrogens (tertiary/aromatic N) is 1. The number of rotatable bonds is 7. The standard InChI is InChI=1S/C12H20N2O4S2/c1-3-8-14(12-7-5-4-6-11(12)13)20(17,18)10-9-19(2,15)16/h4-7H,3,8-10,13H2,1-2H3. The van der Waals surface area contributed by atoms with Crippen LogP contribution < -0.4 is 10.0 Å². The van der Waals surface area contributed by atoms with Gasteiger partial charge in [-0.25, -0.2) is 16.8 Å². The number of anilines is 2. The van der Waals surface area contributed by atoms with Crippen molar-refractivity contribution in [1.82, 2.24) is 0 Å². The monoisotopic (exact) mass is 320 g/mol. The summed E-state index contributed by atoms with van der Waals surface area (Å²) in [5.74, 6) is -0.845. The highest BCUT2D eigenvalue weighted by Gasteiger charge is 2.24. The molecule has 0 aliphatic heterocycles. The summed E-state index contributed by atoms with van der Waals surface area (Å²) in [6.07, 6.45) is 1.62. The quantitative estimate of drug-likeness (QED) is 0.751. The van der Waals surface area contributed by atoms with Gasteiger partial charge in [0.2, 0.25) is 10.0 Å². The van der Waals surface area contributed by atoms with Crippen LogP contribution in [0, 0.1) is 0 Å². The Morgan fingerprint density at radius 1 is 1.10 bits per heavy atom. The van der Waals surface area contributed by atoms with Gasteiger partial charge in [-0.1, -0.05) is 19.1 Å². The van der Waals surface area contributed by atoms with Crippen LogP contribution in [0.1, 0.15) is 13.3 Å². The van der Waals surface area contributed by atoms with E-state index in [0.29, 0.717) is 17.8 Å². The third-order valence-electron chi connectivity index (χ3n) is 2.68. The number of para-hydroxylation sites is 2. The summed E-state index contributed by atoms with van der Waals surface area (Å²) in [7, 11) is -7.05. The summed E-state index contributed by atoms with van der Waals surface area (Å²) in [5.41, 5.74) is 6.55. The Labute approximate surface area is 120 Å². The van der Waals surface area contributed by atoms with E-state index in [0.717, 1.165) is 6.26 Å². The molecule has 1 rings (SSSR count). The molecular weight excluding hydrogens is 300 g/mol. The fourth-order valence-electron chi connectivity index (χ4n) is 1.69. The number of nitrogen functional groups attached to an aromatic ring is 1. The van der Waals surface area contributed by atoms with E-state index in [9.17, 15) is 16.8 Å². The lowest BCUT2D eigenvalue weighted by atomic mass is 10.2. The molecular formula is C12H20N2O4S2. The smallest absolute Gasteiger partial charge is 0.236 e. The molecule has 0 aliphatic rings. The molecule has 0 bridgehead atoms. The molecule has 2 N–H and O–H groups in total. The van der Waals surface area contributed by atoms with Gasteiger partial charge in [-0.05, 0) is 18.6 Å². The summed E-state index contributed by atoms with van der Waals surface area (Å²) in [6.45, 7) is 2.11. The number of hydrogen-bond donors (Lipinski definition) is 1. The van der Waals surface area contributed by atoms with Crippen molar-refractivity contribution in [3.05, 3.63) is 24.3 Å². The van der Waals surface area contributed by atoms with Crippen molar-refractivity contribution in [2.24, 2.45) is 0 Å². The van der Waals surface area contributed by atoms with Crippen molar-refractivity contribution in [2.45, 2.75) is 13.3 Å². The third kappa shape index (κ3) is 4.68. The molecule has 0 aliphatic carbocycles.